The Morgan fingerprint density at radius 1 is 0.943 bits per heavy atom. The fourth-order valence-electron chi connectivity index (χ4n) is 5.25. The fraction of sp³-hybridized carbons (Fsp3) is 0.345. The molecule has 1 aliphatic carbocycles. The normalized spacial score (nSPS) is 15.0. The summed E-state index contributed by atoms with van der Waals surface area (Å²) in [5, 5.41) is 2.17. The van der Waals surface area contributed by atoms with Crippen LogP contribution in [-0.4, -0.2) is 21.6 Å². The minimum absolute atomic E-state index is 0.0961. The van der Waals surface area contributed by atoms with Gasteiger partial charge in [0.2, 0.25) is 5.91 Å². The van der Waals surface area contributed by atoms with Gasteiger partial charge in [-0.15, -0.1) is 11.3 Å². The zero-order valence-corrected chi connectivity index (χ0v) is 21.8. The number of carbonyl (C=O) groups excluding carboxylic acids is 1. The molecule has 1 aliphatic heterocycles. The third-order valence-electron chi connectivity index (χ3n) is 7.03. The molecule has 0 unspecified atom stereocenters. The smallest absolute Gasteiger partial charge is 0.241 e. The van der Waals surface area contributed by atoms with Crippen LogP contribution in [0.2, 0.25) is 0 Å². The largest absolute Gasteiger partial charge is 0.280 e. The second-order valence-electron chi connectivity index (χ2n) is 9.71. The van der Waals surface area contributed by atoms with Crippen molar-refractivity contribution in [1.29, 1.82) is 0 Å². The van der Waals surface area contributed by atoms with E-state index in [4.69, 9.17) is 9.97 Å². The molecule has 6 rings (SSSR count). The summed E-state index contributed by atoms with van der Waals surface area (Å²) >= 11 is 3.41. The van der Waals surface area contributed by atoms with E-state index in [0.29, 0.717) is 5.75 Å². The lowest BCUT2D eigenvalue weighted by molar-refractivity contribution is -0.115. The van der Waals surface area contributed by atoms with Gasteiger partial charge in [0, 0.05) is 16.2 Å². The second-order valence-corrected chi connectivity index (χ2v) is 11.8. The maximum absolute atomic E-state index is 13.9. The van der Waals surface area contributed by atoms with E-state index in [0.717, 1.165) is 52.7 Å². The first-order chi connectivity index (χ1) is 17.1. The minimum atomic E-state index is 0.0961. The van der Waals surface area contributed by atoms with Gasteiger partial charge in [-0.3, -0.25) is 9.69 Å². The molecule has 0 bridgehead atoms. The van der Waals surface area contributed by atoms with Crippen LogP contribution in [0.1, 0.15) is 60.0 Å². The number of carbonyl (C=O) groups is 1. The van der Waals surface area contributed by atoms with Crippen LogP contribution in [0.15, 0.2) is 53.6 Å². The maximum Gasteiger partial charge on any atom is 0.241 e. The number of anilines is 2. The van der Waals surface area contributed by atoms with E-state index < -0.39 is 0 Å². The Kier molecular flexibility index (Phi) is 6.11. The summed E-state index contributed by atoms with van der Waals surface area (Å²) < 4.78 is 0. The van der Waals surface area contributed by atoms with Crippen LogP contribution in [0.3, 0.4) is 0 Å². The Labute approximate surface area is 214 Å². The zero-order valence-electron chi connectivity index (χ0n) is 20.2. The number of hydrogen-bond acceptors (Lipinski definition) is 5. The molecule has 178 valence electrons. The number of benzene rings is 2. The Morgan fingerprint density at radius 3 is 2.29 bits per heavy atom. The molecule has 1 amide bonds. The highest BCUT2D eigenvalue weighted by Gasteiger charge is 2.27. The molecule has 0 radical (unpaired) electrons. The summed E-state index contributed by atoms with van der Waals surface area (Å²) in [6, 6.07) is 16.6. The van der Waals surface area contributed by atoms with Crippen molar-refractivity contribution in [2.45, 2.75) is 63.3 Å². The quantitative estimate of drug-likeness (QED) is 0.219. The van der Waals surface area contributed by atoms with Gasteiger partial charge in [-0.05, 0) is 67.3 Å². The molecule has 0 N–H and O–H groups in total. The lowest BCUT2D eigenvalue weighted by Gasteiger charge is -2.25. The van der Waals surface area contributed by atoms with Gasteiger partial charge in [-0.2, -0.15) is 0 Å². The molecule has 0 fully saturated rings. The predicted octanol–water partition coefficient (Wildman–Crippen LogP) is 7.25. The van der Waals surface area contributed by atoms with Crippen LogP contribution >= 0.6 is 23.1 Å². The first-order valence-corrected chi connectivity index (χ1v) is 14.3. The molecule has 4 nitrogen and oxygen atoms in total. The van der Waals surface area contributed by atoms with E-state index in [9.17, 15) is 4.79 Å². The number of aromatic nitrogens is 2. The number of amides is 1. The Bertz CT molecular complexity index is 1380. The predicted molar refractivity (Wildman–Crippen MR) is 146 cm³/mol. The third-order valence-corrected chi connectivity index (χ3v) is 9.17. The molecule has 0 atom stereocenters. The van der Waals surface area contributed by atoms with Crippen LogP contribution in [0.25, 0.3) is 10.2 Å². The number of rotatable bonds is 4. The number of para-hydroxylation sites is 2. The van der Waals surface area contributed by atoms with Crippen molar-refractivity contribution in [3.05, 3.63) is 75.9 Å². The standard InChI is InChI=1S/C29H29N3OS2/c1-18(2)27-30-28(26-21-11-5-8-14-24(21)35-29(26)31-27)34-17-25(33)32-22-12-6-3-9-19(22)15-16-20-10-4-7-13-23(20)32/h3-4,6-7,9-10,12-13,18H,5,8,11,14-17H2,1-2H3. The molecule has 2 aromatic carbocycles. The van der Waals surface area contributed by atoms with Crippen molar-refractivity contribution in [3.63, 3.8) is 0 Å². The van der Waals surface area contributed by atoms with Gasteiger partial charge in [-0.1, -0.05) is 62.0 Å². The molecule has 0 saturated carbocycles. The van der Waals surface area contributed by atoms with Crippen molar-refractivity contribution in [2.75, 3.05) is 10.7 Å². The molecule has 0 saturated heterocycles. The minimum Gasteiger partial charge on any atom is -0.280 e. The maximum atomic E-state index is 13.9. The summed E-state index contributed by atoms with van der Waals surface area (Å²) in [6.07, 6.45) is 6.57. The zero-order chi connectivity index (χ0) is 23.9. The molecule has 6 heteroatoms. The Morgan fingerprint density at radius 2 is 1.60 bits per heavy atom. The Hall–Kier alpha value is -2.70. The van der Waals surface area contributed by atoms with Gasteiger partial charge in [0.05, 0.1) is 17.1 Å². The first kappa shape index (κ1) is 22.7. The first-order valence-electron chi connectivity index (χ1n) is 12.5. The van der Waals surface area contributed by atoms with Crippen LogP contribution in [0, 0.1) is 0 Å². The van der Waals surface area contributed by atoms with Crippen molar-refractivity contribution < 1.29 is 4.79 Å². The van der Waals surface area contributed by atoms with E-state index in [1.807, 2.05) is 28.4 Å². The van der Waals surface area contributed by atoms with Gasteiger partial charge >= 0.3 is 0 Å². The SMILES string of the molecule is CC(C)c1nc(SCC(=O)N2c3ccccc3CCc3ccccc32)c2c3c(sc2n1)CCCC3. The van der Waals surface area contributed by atoms with Crippen LogP contribution < -0.4 is 4.90 Å². The summed E-state index contributed by atoms with van der Waals surface area (Å²) in [4.78, 5) is 28.3. The lowest BCUT2D eigenvalue weighted by atomic mass is 9.97. The van der Waals surface area contributed by atoms with Crippen LogP contribution in [-0.2, 0) is 30.5 Å². The average Bonchev–Trinajstić information content (AvgIpc) is 3.17. The van der Waals surface area contributed by atoms with Crippen molar-refractivity contribution in [3.8, 4) is 0 Å². The molecule has 2 aliphatic rings. The van der Waals surface area contributed by atoms with Crippen LogP contribution in [0.5, 0.6) is 0 Å². The third kappa shape index (κ3) is 4.17. The fourth-order valence-corrected chi connectivity index (χ4v) is 7.49. The average molecular weight is 500 g/mol. The van der Waals surface area contributed by atoms with E-state index in [1.165, 1.54) is 39.8 Å². The number of fused-ring (bicyclic) bond motifs is 5. The van der Waals surface area contributed by atoms with E-state index in [1.54, 1.807) is 11.8 Å². The highest BCUT2D eigenvalue weighted by Crippen LogP contribution is 2.41. The summed E-state index contributed by atoms with van der Waals surface area (Å²) in [7, 11) is 0. The molecule has 2 aromatic heterocycles. The molecule has 0 spiro atoms. The molecule has 3 heterocycles. The highest BCUT2D eigenvalue weighted by molar-refractivity contribution is 8.00. The number of hydrogen-bond donors (Lipinski definition) is 0. The van der Waals surface area contributed by atoms with Crippen LogP contribution in [0.4, 0.5) is 11.4 Å². The van der Waals surface area contributed by atoms with Gasteiger partial charge in [0.1, 0.15) is 15.7 Å². The van der Waals surface area contributed by atoms with Gasteiger partial charge < -0.3 is 0 Å². The highest BCUT2D eigenvalue weighted by atomic mass is 32.2. The number of aryl methyl sites for hydroxylation is 4. The van der Waals surface area contributed by atoms with Crippen molar-refractivity contribution in [2.24, 2.45) is 0 Å². The number of thioether (sulfide) groups is 1. The molecular weight excluding hydrogens is 470 g/mol. The van der Waals surface area contributed by atoms with Gasteiger partial charge in [0.25, 0.3) is 0 Å². The molecular formula is C29H29N3OS2. The summed E-state index contributed by atoms with van der Waals surface area (Å²) in [6.45, 7) is 4.28. The summed E-state index contributed by atoms with van der Waals surface area (Å²) in [5.41, 5.74) is 5.88. The van der Waals surface area contributed by atoms with Crippen molar-refractivity contribution >= 4 is 50.6 Å². The second kappa shape index (κ2) is 9.40. The molecule has 4 aromatic rings. The summed E-state index contributed by atoms with van der Waals surface area (Å²) in [5.74, 6) is 1.56. The number of nitrogens with zero attached hydrogens (tertiary/aromatic N) is 3. The monoisotopic (exact) mass is 499 g/mol. The topological polar surface area (TPSA) is 46.1 Å². The van der Waals surface area contributed by atoms with E-state index in [-0.39, 0.29) is 11.8 Å². The van der Waals surface area contributed by atoms with E-state index in [2.05, 4.69) is 50.2 Å². The van der Waals surface area contributed by atoms with Gasteiger partial charge in [-0.25, -0.2) is 9.97 Å². The van der Waals surface area contributed by atoms with E-state index >= 15 is 0 Å². The Balaban J connectivity index is 1.38. The lowest BCUT2D eigenvalue weighted by Crippen LogP contribution is -2.28. The molecule has 35 heavy (non-hydrogen) atoms. The number of thiophene rings is 1. The van der Waals surface area contributed by atoms with Gasteiger partial charge in [0.15, 0.2) is 0 Å². The van der Waals surface area contributed by atoms with Crippen molar-refractivity contribution in [1.82, 2.24) is 9.97 Å².